The lowest BCUT2D eigenvalue weighted by Crippen LogP contribution is -2.39. The zero-order valence-electron chi connectivity index (χ0n) is 11.1. The molecule has 0 spiro atoms. The smallest absolute Gasteiger partial charge is 0.0991 e. The topological polar surface area (TPSA) is 54.1 Å². The number of imidazole rings is 1. The first-order valence-electron chi connectivity index (χ1n) is 6.65. The highest BCUT2D eigenvalue weighted by Crippen LogP contribution is 2.24. The van der Waals surface area contributed by atoms with Crippen LogP contribution < -0.4 is 0 Å². The molecule has 5 heteroatoms. The summed E-state index contributed by atoms with van der Waals surface area (Å²) >= 11 is 0. The first kappa shape index (κ1) is 12.9. The van der Waals surface area contributed by atoms with E-state index in [2.05, 4.69) is 40.2 Å². The molecule has 2 aromatic rings. The van der Waals surface area contributed by atoms with Gasteiger partial charge in [0.1, 0.15) is 0 Å². The van der Waals surface area contributed by atoms with Crippen LogP contribution in [0.4, 0.5) is 0 Å². The van der Waals surface area contributed by atoms with Gasteiger partial charge in [-0.15, -0.1) is 0 Å². The van der Waals surface area contributed by atoms with Gasteiger partial charge in [0, 0.05) is 24.6 Å². The minimum absolute atomic E-state index is 0.167. The fourth-order valence-corrected chi connectivity index (χ4v) is 2.51. The Kier molecular flexibility index (Phi) is 3.77. The number of nitriles is 1. The van der Waals surface area contributed by atoms with Gasteiger partial charge in [0.15, 0.2) is 0 Å². The monoisotopic (exact) mass is 268 g/mol. The molecule has 5 nitrogen and oxygen atoms in total. The molecule has 0 saturated carbocycles. The number of benzene rings is 1. The molecule has 1 aliphatic heterocycles. The summed E-state index contributed by atoms with van der Waals surface area (Å²) in [7, 11) is 0. The van der Waals surface area contributed by atoms with Gasteiger partial charge >= 0.3 is 0 Å². The molecule has 0 aliphatic carbocycles. The Hall–Kier alpha value is -2.16. The Bertz CT molecular complexity index is 585. The van der Waals surface area contributed by atoms with Gasteiger partial charge in [0.05, 0.1) is 38.2 Å². The van der Waals surface area contributed by atoms with Crippen molar-refractivity contribution in [3.8, 4) is 11.8 Å². The van der Waals surface area contributed by atoms with E-state index in [-0.39, 0.29) is 6.04 Å². The third-order valence-electron chi connectivity index (χ3n) is 3.59. The van der Waals surface area contributed by atoms with E-state index in [1.807, 2.05) is 10.8 Å². The second-order valence-corrected chi connectivity index (χ2v) is 4.78. The second-order valence-electron chi connectivity index (χ2n) is 4.78. The van der Waals surface area contributed by atoms with E-state index in [0.29, 0.717) is 19.8 Å². The lowest BCUT2D eigenvalue weighted by molar-refractivity contribution is -0.00178. The van der Waals surface area contributed by atoms with Crippen LogP contribution in [0.15, 0.2) is 43.0 Å². The summed E-state index contributed by atoms with van der Waals surface area (Å²) in [6, 6.07) is 10.7. The minimum Gasteiger partial charge on any atom is -0.378 e. The van der Waals surface area contributed by atoms with E-state index in [9.17, 15) is 0 Å². The highest BCUT2D eigenvalue weighted by atomic mass is 16.5. The molecule has 1 aromatic carbocycles. The maximum atomic E-state index is 8.91. The third kappa shape index (κ3) is 2.57. The van der Waals surface area contributed by atoms with Gasteiger partial charge in [-0.1, -0.05) is 12.1 Å². The normalized spacial score (nSPS) is 19.6. The summed E-state index contributed by atoms with van der Waals surface area (Å²) in [4.78, 5) is 6.21. The van der Waals surface area contributed by atoms with Crippen molar-refractivity contribution in [2.75, 3.05) is 26.3 Å². The maximum Gasteiger partial charge on any atom is 0.0991 e. The molecule has 0 radical (unpaired) electrons. The average molecular weight is 268 g/mol. The number of rotatable bonds is 3. The predicted octanol–water partition coefficient (Wildman–Crippen LogP) is 1.77. The Morgan fingerprint density at radius 3 is 2.90 bits per heavy atom. The summed E-state index contributed by atoms with van der Waals surface area (Å²) < 4.78 is 7.52. The molecular weight excluding hydrogens is 252 g/mol. The zero-order chi connectivity index (χ0) is 13.8. The van der Waals surface area contributed by atoms with E-state index in [1.54, 1.807) is 12.5 Å². The van der Waals surface area contributed by atoms with Gasteiger partial charge in [-0.2, -0.15) is 5.26 Å². The van der Waals surface area contributed by atoms with Gasteiger partial charge in [-0.05, 0) is 17.7 Å². The van der Waals surface area contributed by atoms with Gasteiger partial charge in [0.2, 0.25) is 0 Å². The van der Waals surface area contributed by atoms with E-state index in [0.717, 1.165) is 12.2 Å². The van der Waals surface area contributed by atoms with Crippen LogP contribution in [-0.4, -0.2) is 40.8 Å². The van der Waals surface area contributed by atoms with Crippen molar-refractivity contribution in [1.82, 2.24) is 14.5 Å². The van der Waals surface area contributed by atoms with Crippen LogP contribution in [0.5, 0.6) is 0 Å². The number of morpholine rings is 1. The van der Waals surface area contributed by atoms with E-state index in [1.165, 1.54) is 5.56 Å². The lowest BCUT2D eigenvalue weighted by Gasteiger charge is -2.34. The van der Waals surface area contributed by atoms with E-state index < -0.39 is 0 Å². The highest BCUT2D eigenvalue weighted by molar-refractivity contribution is 5.35. The Labute approximate surface area is 118 Å². The van der Waals surface area contributed by atoms with Crippen LogP contribution >= 0.6 is 0 Å². The summed E-state index contributed by atoms with van der Waals surface area (Å²) in [5, 5.41) is 8.91. The molecule has 1 fully saturated rings. The fourth-order valence-electron chi connectivity index (χ4n) is 2.51. The Morgan fingerprint density at radius 2 is 2.20 bits per heavy atom. The first-order valence-corrected chi connectivity index (χ1v) is 6.65. The quantitative estimate of drug-likeness (QED) is 0.796. The van der Waals surface area contributed by atoms with Crippen LogP contribution in [-0.2, 0) is 4.74 Å². The summed E-state index contributed by atoms with van der Waals surface area (Å²) in [5.41, 5.74) is 2.26. The minimum atomic E-state index is 0.167. The van der Waals surface area contributed by atoms with Crippen molar-refractivity contribution in [3.05, 3.63) is 48.5 Å². The van der Waals surface area contributed by atoms with Crippen LogP contribution in [0.1, 0.15) is 11.6 Å². The first-order chi connectivity index (χ1) is 9.88. The van der Waals surface area contributed by atoms with Crippen LogP contribution in [0.3, 0.4) is 0 Å². The average Bonchev–Trinajstić information content (AvgIpc) is 3.03. The van der Waals surface area contributed by atoms with Crippen molar-refractivity contribution >= 4 is 0 Å². The molecule has 0 amide bonds. The van der Waals surface area contributed by atoms with Crippen LogP contribution in [0.2, 0.25) is 0 Å². The summed E-state index contributed by atoms with van der Waals surface area (Å²) in [6.07, 6.45) is 5.46. The third-order valence-corrected chi connectivity index (χ3v) is 3.59. The molecule has 2 heterocycles. The Morgan fingerprint density at radius 1 is 1.35 bits per heavy atom. The number of hydrogen-bond acceptors (Lipinski definition) is 4. The van der Waals surface area contributed by atoms with Gasteiger partial charge < -0.3 is 9.30 Å². The molecule has 0 bridgehead atoms. The van der Waals surface area contributed by atoms with Crippen LogP contribution in [0.25, 0.3) is 5.69 Å². The van der Waals surface area contributed by atoms with Gasteiger partial charge in [-0.25, -0.2) is 4.98 Å². The lowest BCUT2D eigenvalue weighted by atomic mass is 10.0. The molecule has 20 heavy (non-hydrogen) atoms. The fraction of sp³-hybridized carbons (Fsp3) is 0.333. The van der Waals surface area contributed by atoms with Gasteiger partial charge in [-0.3, -0.25) is 4.90 Å². The summed E-state index contributed by atoms with van der Waals surface area (Å²) in [6.45, 7) is 2.59. The molecule has 1 atom stereocenters. The predicted molar refractivity (Wildman–Crippen MR) is 74.3 cm³/mol. The molecule has 1 aromatic heterocycles. The molecule has 3 rings (SSSR count). The maximum absolute atomic E-state index is 8.91. The standard InChI is InChI=1S/C15H16N4O/c16-5-7-18-9-10-20-11-15(18)13-1-3-14(4-2-13)19-8-6-17-12-19/h1-4,6,8,12,15H,7,9-11H2. The Balaban J connectivity index is 1.81. The largest absolute Gasteiger partial charge is 0.378 e. The van der Waals surface area contributed by atoms with E-state index in [4.69, 9.17) is 10.00 Å². The molecule has 102 valence electrons. The SMILES string of the molecule is N#CCN1CCOCC1c1ccc(-n2ccnc2)cc1. The molecule has 1 saturated heterocycles. The zero-order valence-corrected chi connectivity index (χ0v) is 11.1. The van der Waals surface area contributed by atoms with Crippen molar-refractivity contribution < 1.29 is 4.74 Å². The highest BCUT2D eigenvalue weighted by Gasteiger charge is 2.24. The van der Waals surface area contributed by atoms with Crippen molar-refractivity contribution in [3.63, 3.8) is 0 Å². The summed E-state index contributed by atoms with van der Waals surface area (Å²) in [5.74, 6) is 0. The molecule has 1 unspecified atom stereocenters. The second kappa shape index (κ2) is 5.87. The number of hydrogen-bond donors (Lipinski definition) is 0. The molecular formula is C15H16N4O. The number of ether oxygens (including phenoxy) is 1. The van der Waals surface area contributed by atoms with Crippen molar-refractivity contribution in [2.24, 2.45) is 0 Å². The van der Waals surface area contributed by atoms with Crippen molar-refractivity contribution in [2.45, 2.75) is 6.04 Å². The van der Waals surface area contributed by atoms with Crippen molar-refractivity contribution in [1.29, 1.82) is 5.26 Å². The number of aromatic nitrogens is 2. The number of nitrogens with zero attached hydrogens (tertiary/aromatic N) is 4. The molecule has 1 aliphatic rings. The van der Waals surface area contributed by atoms with Gasteiger partial charge in [0.25, 0.3) is 0 Å². The van der Waals surface area contributed by atoms with E-state index >= 15 is 0 Å². The van der Waals surface area contributed by atoms with Crippen LogP contribution in [0, 0.1) is 11.3 Å². The molecule has 0 N–H and O–H groups in total.